The molecule has 4 aromatic rings. The van der Waals surface area contributed by atoms with Crippen molar-refractivity contribution >= 4 is 28.5 Å². The van der Waals surface area contributed by atoms with E-state index in [4.69, 9.17) is 0 Å². The summed E-state index contributed by atoms with van der Waals surface area (Å²) in [4.78, 5) is 36.7. The molecule has 1 amide bonds. The highest BCUT2D eigenvalue weighted by Crippen LogP contribution is 2.26. The largest absolute Gasteiger partial charge is 0.481 e. The molecule has 1 aromatic heterocycles. The lowest BCUT2D eigenvalue weighted by molar-refractivity contribution is -0.146. The fourth-order valence-electron chi connectivity index (χ4n) is 3.83. The zero-order chi connectivity index (χ0) is 24.8. The number of aliphatic hydroxyl groups is 1. The van der Waals surface area contributed by atoms with Crippen LogP contribution in [0.15, 0.2) is 83.7 Å². The summed E-state index contributed by atoms with van der Waals surface area (Å²) in [5, 5.41) is 31.5. The molecule has 3 aromatic carbocycles. The number of carboxylic acids is 1. The Balaban J connectivity index is 1.41. The second-order valence-corrected chi connectivity index (χ2v) is 8.15. The normalized spacial score (nSPS) is 12.7. The van der Waals surface area contributed by atoms with Gasteiger partial charge in [-0.05, 0) is 41.8 Å². The molecule has 0 fully saturated rings. The van der Waals surface area contributed by atoms with Crippen molar-refractivity contribution in [3.63, 3.8) is 0 Å². The molecule has 9 heteroatoms. The number of aromatic nitrogens is 3. The van der Waals surface area contributed by atoms with Crippen LogP contribution in [0.25, 0.3) is 10.9 Å². The average molecular weight is 473 g/mol. The number of nitrogens with one attached hydrogen (secondary N) is 1. The third-order valence-corrected chi connectivity index (χ3v) is 5.72. The molecular formula is C26H24N4O5. The Morgan fingerprint density at radius 2 is 1.63 bits per heavy atom. The number of carbonyl (C=O) groups excluding carboxylic acids is 1. The minimum Gasteiger partial charge on any atom is -0.481 e. The Kier molecular flexibility index (Phi) is 7.27. The molecule has 0 aliphatic carbocycles. The number of rotatable bonds is 9. The van der Waals surface area contributed by atoms with Crippen molar-refractivity contribution in [1.82, 2.24) is 15.0 Å². The molecule has 2 atom stereocenters. The maximum atomic E-state index is 12.6. The molecule has 178 valence electrons. The van der Waals surface area contributed by atoms with Crippen molar-refractivity contribution in [2.45, 2.75) is 25.5 Å². The second kappa shape index (κ2) is 10.7. The Morgan fingerprint density at radius 3 is 2.34 bits per heavy atom. The van der Waals surface area contributed by atoms with Crippen LogP contribution < -0.4 is 10.9 Å². The van der Waals surface area contributed by atoms with Crippen molar-refractivity contribution in [3.05, 3.63) is 100 Å². The highest BCUT2D eigenvalue weighted by Gasteiger charge is 2.28. The van der Waals surface area contributed by atoms with Crippen LogP contribution in [-0.2, 0) is 22.6 Å². The first kappa shape index (κ1) is 23.8. The molecule has 0 spiro atoms. The predicted molar refractivity (Wildman–Crippen MR) is 130 cm³/mol. The zero-order valence-electron chi connectivity index (χ0n) is 18.7. The van der Waals surface area contributed by atoms with Crippen LogP contribution in [0, 0.1) is 5.92 Å². The van der Waals surface area contributed by atoms with Crippen LogP contribution in [0.1, 0.15) is 23.7 Å². The fraction of sp³-hybridized carbons (Fsp3) is 0.192. The average Bonchev–Trinajstić information content (AvgIpc) is 2.86. The summed E-state index contributed by atoms with van der Waals surface area (Å²) in [6, 6.07) is 22.5. The van der Waals surface area contributed by atoms with Crippen molar-refractivity contribution < 1.29 is 19.8 Å². The Hall–Kier alpha value is -4.37. The quantitative estimate of drug-likeness (QED) is 0.341. The molecule has 0 radical (unpaired) electrons. The van der Waals surface area contributed by atoms with E-state index in [1.807, 2.05) is 30.3 Å². The highest BCUT2D eigenvalue weighted by atomic mass is 16.4. The Labute approximate surface area is 200 Å². The van der Waals surface area contributed by atoms with Crippen molar-refractivity contribution in [2.75, 3.05) is 5.32 Å². The highest BCUT2D eigenvalue weighted by molar-refractivity contribution is 5.92. The topological polar surface area (TPSA) is 134 Å². The first-order valence-electron chi connectivity index (χ1n) is 11.1. The van der Waals surface area contributed by atoms with Gasteiger partial charge in [0.05, 0.1) is 23.8 Å². The summed E-state index contributed by atoms with van der Waals surface area (Å²) in [6.45, 7) is -0.0156. The van der Waals surface area contributed by atoms with E-state index < -0.39 is 18.0 Å². The first-order valence-corrected chi connectivity index (χ1v) is 11.1. The Morgan fingerprint density at radius 1 is 0.943 bits per heavy atom. The van der Waals surface area contributed by atoms with Crippen LogP contribution in [0.5, 0.6) is 0 Å². The van der Waals surface area contributed by atoms with Crippen molar-refractivity contribution in [3.8, 4) is 0 Å². The number of aryl methyl sites for hydroxylation is 1. The van der Waals surface area contributed by atoms with E-state index in [0.717, 1.165) is 10.2 Å². The summed E-state index contributed by atoms with van der Waals surface area (Å²) >= 11 is 0. The number of amides is 1. The molecule has 3 N–H and O–H groups in total. The van der Waals surface area contributed by atoms with Crippen molar-refractivity contribution in [2.24, 2.45) is 5.92 Å². The minimum absolute atomic E-state index is 0.0156. The number of aliphatic hydroxyl groups excluding tert-OH is 1. The standard InChI is InChI=1S/C26H24N4O5/c31-23(16-17-6-2-1-3-7-17)27-19-12-10-18(11-13-19)24(32)21(26(34)35)14-15-30-25(33)20-8-4-5-9-22(20)28-29-30/h1-13,21,24,32H,14-16H2,(H,27,31)(H,34,35)/t21-,24+/m0/s1. The molecule has 0 saturated heterocycles. The fourth-order valence-corrected chi connectivity index (χ4v) is 3.83. The molecule has 0 aliphatic heterocycles. The molecule has 0 unspecified atom stereocenters. The third-order valence-electron chi connectivity index (χ3n) is 5.72. The van der Waals surface area contributed by atoms with E-state index in [-0.39, 0.29) is 30.9 Å². The molecule has 0 aliphatic rings. The van der Waals surface area contributed by atoms with Gasteiger partial charge in [0.15, 0.2) is 0 Å². The van der Waals surface area contributed by atoms with Crippen molar-refractivity contribution in [1.29, 1.82) is 0 Å². The van der Waals surface area contributed by atoms with Gasteiger partial charge in [-0.15, -0.1) is 5.10 Å². The maximum absolute atomic E-state index is 12.6. The third kappa shape index (κ3) is 5.77. The van der Waals surface area contributed by atoms with Gasteiger partial charge in [0.2, 0.25) is 5.91 Å². The lowest BCUT2D eigenvalue weighted by Gasteiger charge is -2.20. The van der Waals surface area contributed by atoms with Crippen LogP contribution in [0.2, 0.25) is 0 Å². The van der Waals surface area contributed by atoms with Gasteiger partial charge in [0.25, 0.3) is 5.56 Å². The number of hydrogen-bond donors (Lipinski definition) is 3. The molecule has 4 rings (SSSR count). The van der Waals surface area contributed by atoms with Gasteiger partial charge >= 0.3 is 5.97 Å². The van der Waals surface area contributed by atoms with E-state index in [1.165, 1.54) is 0 Å². The van der Waals surface area contributed by atoms with Crippen LogP contribution in [0.3, 0.4) is 0 Å². The van der Waals surface area contributed by atoms with Crippen LogP contribution in [0.4, 0.5) is 5.69 Å². The van der Waals surface area contributed by atoms with Gasteiger partial charge < -0.3 is 15.5 Å². The monoisotopic (exact) mass is 472 g/mol. The number of carboxylic acid groups (broad SMARTS) is 1. The number of anilines is 1. The van der Waals surface area contributed by atoms with Gasteiger partial charge in [-0.2, -0.15) is 0 Å². The van der Waals surface area contributed by atoms with Crippen LogP contribution in [-0.4, -0.2) is 37.1 Å². The molecule has 35 heavy (non-hydrogen) atoms. The molecule has 0 bridgehead atoms. The summed E-state index contributed by atoms with van der Waals surface area (Å²) in [7, 11) is 0. The van der Waals surface area contributed by atoms with Crippen LogP contribution >= 0.6 is 0 Å². The smallest absolute Gasteiger partial charge is 0.309 e. The maximum Gasteiger partial charge on any atom is 0.309 e. The molecule has 1 heterocycles. The van der Waals surface area contributed by atoms with E-state index in [0.29, 0.717) is 22.2 Å². The van der Waals surface area contributed by atoms with E-state index in [1.54, 1.807) is 48.5 Å². The summed E-state index contributed by atoms with van der Waals surface area (Å²) in [5.74, 6) is -2.55. The number of nitrogens with zero attached hydrogens (tertiary/aromatic N) is 3. The summed E-state index contributed by atoms with van der Waals surface area (Å²) in [5.41, 5.74) is 1.89. The van der Waals surface area contributed by atoms with E-state index in [2.05, 4.69) is 15.6 Å². The lowest BCUT2D eigenvalue weighted by Crippen LogP contribution is -2.29. The van der Waals surface area contributed by atoms with Gasteiger partial charge in [-0.3, -0.25) is 14.4 Å². The lowest BCUT2D eigenvalue weighted by atomic mass is 9.92. The molecular weight excluding hydrogens is 448 g/mol. The van der Waals surface area contributed by atoms with Gasteiger partial charge in [0.1, 0.15) is 5.52 Å². The number of carbonyl (C=O) groups is 2. The van der Waals surface area contributed by atoms with Gasteiger partial charge in [0, 0.05) is 12.2 Å². The number of aliphatic carboxylic acids is 1. The predicted octanol–water partition coefficient (Wildman–Crippen LogP) is 2.80. The molecule has 0 saturated carbocycles. The first-order chi connectivity index (χ1) is 16.9. The number of hydrogen-bond acceptors (Lipinski definition) is 6. The number of benzene rings is 3. The van der Waals surface area contributed by atoms with E-state index >= 15 is 0 Å². The number of fused-ring (bicyclic) bond motifs is 1. The van der Waals surface area contributed by atoms with Gasteiger partial charge in [-0.1, -0.05) is 59.8 Å². The summed E-state index contributed by atoms with van der Waals surface area (Å²) < 4.78 is 1.11. The minimum atomic E-state index is -1.31. The molecule has 9 nitrogen and oxygen atoms in total. The van der Waals surface area contributed by atoms with E-state index in [9.17, 15) is 24.6 Å². The van der Waals surface area contributed by atoms with Gasteiger partial charge in [-0.25, -0.2) is 4.68 Å². The second-order valence-electron chi connectivity index (χ2n) is 8.15. The Bertz CT molecular complexity index is 1390. The summed E-state index contributed by atoms with van der Waals surface area (Å²) in [6.07, 6.45) is -1.12. The zero-order valence-corrected chi connectivity index (χ0v) is 18.7. The SMILES string of the molecule is O=C(Cc1ccccc1)Nc1ccc([C@@H](O)[C@H](CCn2nnc3ccccc3c2=O)C(=O)O)cc1.